The fraction of sp³-hybridized carbons (Fsp3) is 0.533. The maximum atomic E-state index is 11.8. The highest BCUT2D eigenvalue weighted by Crippen LogP contribution is 2.33. The lowest BCUT2D eigenvalue weighted by atomic mass is 9.87. The molecule has 1 rings (SSSR count). The molecule has 1 aromatic carbocycles. The molecular formula is C15H23NO3. The molecule has 19 heavy (non-hydrogen) atoms. The highest BCUT2D eigenvalue weighted by atomic mass is 16.5. The number of benzene rings is 1. The first-order valence-corrected chi connectivity index (χ1v) is 6.46. The molecule has 0 aliphatic rings. The Morgan fingerprint density at radius 3 is 2.63 bits per heavy atom. The minimum absolute atomic E-state index is 0.220. The number of methoxy groups -OCH3 is 1. The molecule has 1 atom stereocenters. The van der Waals surface area contributed by atoms with Gasteiger partial charge in [0.15, 0.2) is 0 Å². The fourth-order valence-electron chi connectivity index (χ4n) is 2.07. The van der Waals surface area contributed by atoms with Gasteiger partial charge in [-0.05, 0) is 33.9 Å². The third-order valence-corrected chi connectivity index (χ3v) is 3.30. The van der Waals surface area contributed by atoms with Gasteiger partial charge in [0.1, 0.15) is 5.75 Å². The first kappa shape index (κ1) is 15.5. The van der Waals surface area contributed by atoms with Crippen molar-refractivity contribution in [2.24, 2.45) is 0 Å². The molecule has 0 saturated carbocycles. The minimum Gasteiger partial charge on any atom is -0.496 e. The molecule has 106 valence electrons. The number of aryl methyl sites for hydroxylation is 1. The number of ether oxygens (including phenoxy) is 2. The SMILES string of the molecule is CCOC(=O)CC(C)(NC)c1cc(C)ccc1OC. The first-order valence-electron chi connectivity index (χ1n) is 6.46. The van der Waals surface area contributed by atoms with Crippen molar-refractivity contribution in [2.75, 3.05) is 20.8 Å². The molecule has 0 heterocycles. The zero-order chi connectivity index (χ0) is 14.5. The lowest BCUT2D eigenvalue weighted by molar-refractivity contribution is -0.144. The Hall–Kier alpha value is -1.55. The highest BCUT2D eigenvalue weighted by molar-refractivity contribution is 5.71. The van der Waals surface area contributed by atoms with Crippen LogP contribution in [0.15, 0.2) is 18.2 Å². The van der Waals surface area contributed by atoms with Crippen LogP contribution < -0.4 is 10.1 Å². The van der Waals surface area contributed by atoms with E-state index in [1.54, 1.807) is 7.11 Å². The zero-order valence-electron chi connectivity index (χ0n) is 12.4. The van der Waals surface area contributed by atoms with E-state index in [2.05, 4.69) is 5.32 Å². The summed E-state index contributed by atoms with van der Waals surface area (Å²) in [6.07, 6.45) is 0.261. The third-order valence-electron chi connectivity index (χ3n) is 3.30. The van der Waals surface area contributed by atoms with Crippen LogP contribution in [-0.4, -0.2) is 26.7 Å². The Morgan fingerprint density at radius 2 is 2.11 bits per heavy atom. The summed E-state index contributed by atoms with van der Waals surface area (Å²) in [6.45, 7) is 6.19. The van der Waals surface area contributed by atoms with E-state index in [4.69, 9.17) is 9.47 Å². The second kappa shape index (κ2) is 6.57. The average molecular weight is 265 g/mol. The molecular weight excluding hydrogens is 242 g/mol. The quantitative estimate of drug-likeness (QED) is 0.802. The number of nitrogens with one attached hydrogen (secondary N) is 1. The summed E-state index contributed by atoms with van der Waals surface area (Å²) in [4.78, 5) is 11.8. The summed E-state index contributed by atoms with van der Waals surface area (Å²) >= 11 is 0. The maximum absolute atomic E-state index is 11.8. The van der Waals surface area contributed by atoms with E-state index >= 15 is 0 Å². The molecule has 0 amide bonds. The lowest BCUT2D eigenvalue weighted by Gasteiger charge is -2.30. The Labute approximate surface area is 115 Å². The Kier molecular flexibility index (Phi) is 5.36. The van der Waals surface area contributed by atoms with Crippen LogP contribution in [-0.2, 0) is 15.1 Å². The Morgan fingerprint density at radius 1 is 1.42 bits per heavy atom. The molecule has 0 bridgehead atoms. The molecule has 4 nitrogen and oxygen atoms in total. The summed E-state index contributed by atoms with van der Waals surface area (Å²) in [6, 6.07) is 5.95. The van der Waals surface area contributed by atoms with Crippen LogP contribution in [0.5, 0.6) is 5.75 Å². The predicted octanol–water partition coefficient (Wildman–Crippen LogP) is 2.39. The van der Waals surface area contributed by atoms with E-state index in [0.717, 1.165) is 16.9 Å². The standard InChI is InChI=1S/C15H23NO3/c1-6-19-14(17)10-15(3,16-4)12-9-11(2)7-8-13(12)18-5/h7-9,16H,6,10H2,1-5H3. The van der Waals surface area contributed by atoms with Crippen LogP contribution in [0.1, 0.15) is 31.4 Å². The first-order chi connectivity index (χ1) is 8.96. The van der Waals surface area contributed by atoms with Crippen LogP contribution in [0.25, 0.3) is 0 Å². The van der Waals surface area contributed by atoms with Gasteiger partial charge >= 0.3 is 5.97 Å². The van der Waals surface area contributed by atoms with Gasteiger partial charge in [-0.15, -0.1) is 0 Å². The molecule has 0 spiro atoms. The van der Waals surface area contributed by atoms with Crippen LogP contribution in [0.2, 0.25) is 0 Å². The molecule has 0 aliphatic carbocycles. The van der Waals surface area contributed by atoms with Gasteiger partial charge < -0.3 is 14.8 Å². The van der Waals surface area contributed by atoms with Gasteiger partial charge in [0.2, 0.25) is 0 Å². The molecule has 4 heteroatoms. The number of hydrogen-bond acceptors (Lipinski definition) is 4. The van der Waals surface area contributed by atoms with Crippen molar-refractivity contribution in [1.82, 2.24) is 5.32 Å². The molecule has 0 aromatic heterocycles. The van der Waals surface area contributed by atoms with Crippen molar-refractivity contribution in [1.29, 1.82) is 0 Å². The second-order valence-electron chi connectivity index (χ2n) is 4.77. The third kappa shape index (κ3) is 3.70. The van der Waals surface area contributed by atoms with Crippen LogP contribution >= 0.6 is 0 Å². The number of esters is 1. The molecule has 0 aliphatic heterocycles. The number of carbonyl (C=O) groups is 1. The van der Waals surface area contributed by atoms with Crippen LogP contribution in [0, 0.1) is 6.92 Å². The molecule has 1 N–H and O–H groups in total. The zero-order valence-corrected chi connectivity index (χ0v) is 12.4. The van der Waals surface area contributed by atoms with Crippen molar-refractivity contribution in [3.8, 4) is 5.75 Å². The fourth-order valence-corrected chi connectivity index (χ4v) is 2.07. The van der Waals surface area contributed by atoms with Gasteiger partial charge in [0.05, 0.1) is 25.7 Å². The minimum atomic E-state index is -0.510. The Bertz CT molecular complexity index is 445. The maximum Gasteiger partial charge on any atom is 0.307 e. The van der Waals surface area contributed by atoms with Gasteiger partial charge in [-0.1, -0.05) is 17.7 Å². The number of carbonyl (C=O) groups excluding carboxylic acids is 1. The van der Waals surface area contributed by atoms with Gasteiger partial charge in [0.25, 0.3) is 0 Å². The van der Waals surface area contributed by atoms with Gasteiger partial charge in [0, 0.05) is 5.56 Å². The van der Waals surface area contributed by atoms with Crippen molar-refractivity contribution >= 4 is 5.97 Å². The summed E-state index contributed by atoms with van der Waals surface area (Å²) in [5.41, 5.74) is 1.58. The Balaban J connectivity index is 3.13. The van der Waals surface area contributed by atoms with Gasteiger partial charge in [-0.3, -0.25) is 4.79 Å². The van der Waals surface area contributed by atoms with Crippen LogP contribution in [0.3, 0.4) is 0 Å². The van der Waals surface area contributed by atoms with Crippen molar-refractivity contribution < 1.29 is 14.3 Å². The average Bonchev–Trinajstić information content (AvgIpc) is 2.38. The normalized spacial score (nSPS) is 13.7. The van der Waals surface area contributed by atoms with E-state index < -0.39 is 5.54 Å². The molecule has 1 unspecified atom stereocenters. The van der Waals surface area contributed by atoms with E-state index in [1.807, 2.05) is 46.0 Å². The smallest absolute Gasteiger partial charge is 0.307 e. The largest absolute Gasteiger partial charge is 0.496 e. The number of rotatable bonds is 6. The van der Waals surface area contributed by atoms with E-state index in [-0.39, 0.29) is 12.4 Å². The van der Waals surface area contributed by atoms with Gasteiger partial charge in [-0.2, -0.15) is 0 Å². The highest BCUT2D eigenvalue weighted by Gasteiger charge is 2.31. The van der Waals surface area contributed by atoms with E-state index in [9.17, 15) is 4.79 Å². The molecule has 0 radical (unpaired) electrons. The number of hydrogen-bond donors (Lipinski definition) is 1. The summed E-state index contributed by atoms with van der Waals surface area (Å²) < 4.78 is 10.4. The van der Waals surface area contributed by atoms with Gasteiger partial charge in [-0.25, -0.2) is 0 Å². The van der Waals surface area contributed by atoms with E-state index in [1.165, 1.54) is 0 Å². The summed E-state index contributed by atoms with van der Waals surface area (Å²) in [7, 11) is 3.47. The monoisotopic (exact) mass is 265 g/mol. The van der Waals surface area contributed by atoms with Crippen LogP contribution in [0.4, 0.5) is 0 Å². The van der Waals surface area contributed by atoms with Crippen molar-refractivity contribution in [3.05, 3.63) is 29.3 Å². The second-order valence-corrected chi connectivity index (χ2v) is 4.77. The molecule has 1 aromatic rings. The lowest BCUT2D eigenvalue weighted by Crippen LogP contribution is -2.39. The summed E-state index contributed by atoms with van der Waals surface area (Å²) in [5, 5.41) is 3.21. The van der Waals surface area contributed by atoms with Crippen molar-refractivity contribution in [2.45, 2.75) is 32.7 Å². The van der Waals surface area contributed by atoms with Crippen molar-refractivity contribution in [3.63, 3.8) is 0 Å². The molecule has 0 saturated heterocycles. The topological polar surface area (TPSA) is 47.6 Å². The van der Waals surface area contributed by atoms with E-state index in [0.29, 0.717) is 6.61 Å². The predicted molar refractivity (Wildman–Crippen MR) is 75.4 cm³/mol. The molecule has 0 fully saturated rings. The summed E-state index contributed by atoms with van der Waals surface area (Å²) in [5.74, 6) is 0.551.